The molecule has 3 rings (SSSR count). The Labute approximate surface area is 89.5 Å². The van der Waals surface area contributed by atoms with Gasteiger partial charge in [0.25, 0.3) is 0 Å². The molecule has 3 saturated carbocycles. The highest BCUT2D eigenvalue weighted by atomic mass is 14.6. The van der Waals surface area contributed by atoms with Gasteiger partial charge >= 0.3 is 0 Å². The summed E-state index contributed by atoms with van der Waals surface area (Å²) in [4.78, 5) is 0. The third-order valence-corrected chi connectivity index (χ3v) is 5.47. The van der Waals surface area contributed by atoms with Gasteiger partial charge < -0.3 is 0 Å². The first-order chi connectivity index (χ1) is 6.24. The van der Waals surface area contributed by atoms with Gasteiger partial charge in [0.1, 0.15) is 0 Å². The van der Waals surface area contributed by atoms with Gasteiger partial charge in [-0.05, 0) is 47.3 Å². The largest absolute Gasteiger partial charge is 0.0619 e. The second kappa shape index (κ2) is 2.77. The van der Waals surface area contributed by atoms with Crippen molar-refractivity contribution in [2.24, 2.45) is 34.5 Å². The van der Waals surface area contributed by atoms with Crippen molar-refractivity contribution in [3.63, 3.8) is 0 Å². The molecular weight excluding hydrogens is 168 g/mol. The molecule has 82 valence electrons. The zero-order chi connectivity index (χ0) is 10.7. The fourth-order valence-corrected chi connectivity index (χ4v) is 4.29. The van der Waals surface area contributed by atoms with E-state index >= 15 is 0 Å². The van der Waals surface area contributed by atoms with E-state index in [-0.39, 0.29) is 0 Å². The van der Waals surface area contributed by atoms with Gasteiger partial charge in [0.2, 0.25) is 0 Å². The molecule has 0 nitrogen and oxygen atoms in total. The minimum absolute atomic E-state index is 0.521. The Morgan fingerprint density at radius 3 is 2.00 bits per heavy atom. The summed E-state index contributed by atoms with van der Waals surface area (Å²) in [7, 11) is 0. The number of rotatable bonds is 0. The maximum Gasteiger partial charge on any atom is -0.0295 e. The van der Waals surface area contributed by atoms with Gasteiger partial charge in [0.05, 0.1) is 0 Å². The minimum atomic E-state index is 0.521. The van der Waals surface area contributed by atoms with Crippen LogP contribution in [0, 0.1) is 34.5 Å². The topological polar surface area (TPSA) is 0 Å². The summed E-state index contributed by atoms with van der Waals surface area (Å²) in [6.45, 7) is 14.7. The van der Waals surface area contributed by atoms with Crippen LogP contribution in [0.3, 0.4) is 0 Å². The van der Waals surface area contributed by atoms with Gasteiger partial charge in [0.15, 0.2) is 0 Å². The molecular formula is C14H26. The molecule has 0 aliphatic heterocycles. The lowest BCUT2D eigenvalue weighted by atomic mass is 9.41. The summed E-state index contributed by atoms with van der Waals surface area (Å²) in [5.41, 5.74) is 1.17. The van der Waals surface area contributed by atoms with Crippen molar-refractivity contribution in [2.75, 3.05) is 0 Å². The first kappa shape index (κ1) is 10.5. The van der Waals surface area contributed by atoms with Gasteiger partial charge in [0, 0.05) is 0 Å². The van der Waals surface area contributed by atoms with E-state index in [9.17, 15) is 0 Å². The van der Waals surface area contributed by atoms with E-state index in [0.717, 1.165) is 23.7 Å². The van der Waals surface area contributed by atoms with Crippen molar-refractivity contribution in [1.82, 2.24) is 0 Å². The van der Waals surface area contributed by atoms with Gasteiger partial charge in [-0.2, -0.15) is 0 Å². The van der Waals surface area contributed by atoms with Crippen LogP contribution in [0.25, 0.3) is 0 Å². The second-order valence-electron chi connectivity index (χ2n) is 7.43. The van der Waals surface area contributed by atoms with Crippen molar-refractivity contribution in [1.29, 1.82) is 0 Å². The van der Waals surface area contributed by atoms with E-state index in [1.807, 2.05) is 0 Å². The first-order valence-electron chi connectivity index (χ1n) is 6.24. The van der Waals surface area contributed by atoms with Crippen molar-refractivity contribution in [3.8, 4) is 0 Å². The van der Waals surface area contributed by atoms with Crippen molar-refractivity contribution in [3.05, 3.63) is 0 Å². The summed E-state index contributed by atoms with van der Waals surface area (Å²) in [5.74, 6) is 3.92. The number of fused-ring (bicyclic) bond motifs is 2. The van der Waals surface area contributed by atoms with Crippen LogP contribution < -0.4 is 0 Å². The molecule has 2 unspecified atom stereocenters. The average molecular weight is 194 g/mol. The Balaban J connectivity index is 2.16. The highest BCUT2D eigenvalue weighted by Crippen LogP contribution is 2.65. The Morgan fingerprint density at radius 1 is 1.07 bits per heavy atom. The SMILES string of the molecule is C[C@@H]1C(C(C)(C)C)CC2C[C@H]1C2(C)C. The zero-order valence-electron chi connectivity index (χ0n) is 10.7. The number of hydrogen-bond donors (Lipinski definition) is 0. The monoisotopic (exact) mass is 194 g/mol. The third-order valence-electron chi connectivity index (χ3n) is 5.47. The molecule has 0 radical (unpaired) electrons. The predicted molar refractivity (Wildman–Crippen MR) is 62.1 cm³/mol. The average Bonchev–Trinajstić information content (AvgIpc) is 2.01. The number of hydrogen-bond acceptors (Lipinski definition) is 0. The Morgan fingerprint density at radius 2 is 1.64 bits per heavy atom. The summed E-state index contributed by atoms with van der Waals surface area (Å²) in [6, 6.07) is 0. The quantitative estimate of drug-likeness (QED) is 0.538. The van der Waals surface area contributed by atoms with E-state index < -0.39 is 0 Å². The fraction of sp³-hybridized carbons (Fsp3) is 1.00. The lowest BCUT2D eigenvalue weighted by Crippen LogP contribution is -2.57. The van der Waals surface area contributed by atoms with Gasteiger partial charge in [-0.1, -0.05) is 41.5 Å². The molecule has 0 heteroatoms. The fourth-order valence-electron chi connectivity index (χ4n) is 4.29. The Kier molecular flexibility index (Phi) is 2.08. The van der Waals surface area contributed by atoms with E-state index in [0.29, 0.717) is 10.8 Å². The molecule has 0 amide bonds. The molecule has 3 aliphatic rings. The molecule has 3 fully saturated rings. The van der Waals surface area contributed by atoms with Crippen LogP contribution in [0.5, 0.6) is 0 Å². The summed E-state index contributed by atoms with van der Waals surface area (Å²) in [5, 5.41) is 0. The third kappa shape index (κ3) is 1.26. The van der Waals surface area contributed by atoms with Crippen molar-refractivity contribution >= 4 is 0 Å². The van der Waals surface area contributed by atoms with E-state index in [2.05, 4.69) is 41.5 Å². The maximum atomic E-state index is 2.50. The van der Waals surface area contributed by atoms with Gasteiger partial charge in [-0.3, -0.25) is 0 Å². The molecule has 14 heavy (non-hydrogen) atoms. The molecule has 0 spiro atoms. The van der Waals surface area contributed by atoms with Gasteiger partial charge in [-0.15, -0.1) is 0 Å². The molecule has 0 aromatic rings. The zero-order valence-corrected chi connectivity index (χ0v) is 10.7. The summed E-state index contributed by atoms with van der Waals surface area (Å²) < 4.78 is 0. The normalized spacial score (nSPS) is 45.9. The lowest BCUT2D eigenvalue weighted by molar-refractivity contribution is -0.150. The highest BCUT2D eigenvalue weighted by molar-refractivity contribution is 5.06. The maximum absolute atomic E-state index is 2.50. The second-order valence-corrected chi connectivity index (χ2v) is 7.43. The van der Waals surface area contributed by atoms with E-state index in [1.54, 1.807) is 0 Å². The van der Waals surface area contributed by atoms with Crippen molar-refractivity contribution in [2.45, 2.75) is 54.4 Å². The smallest absolute Gasteiger partial charge is 0.0295 e. The molecule has 0 saturated heterocycles. The molecule has 4 atom stereocenters. The Bertz CT molecular complexity index is 231. The Hall–Kier alpha value is 0. The molecule has 2 bridgehead atoms. The molecule has 0 N–H and O–H groups in total. The first-order valence-corrected chi connectivity index (χ1v) is 6.24. The lowest BCUT2D eigenvalue weighted by Gasteiger charge is -2.64. The van der Waals surface area contributed by atoms with Crippen LogP contribution in [-0.2, 0) is 0 Å². The minimum Gasteiger partial charge on any atom is -0.0619 e. The highest BCUT2D eigenvalue weighted by Gasteiger charge is 2.57. The van der Waals surface area contributed by atoms with Gasteiger partial charge in [-0.25, -0.2) is 0 Å². The van der Waals surface area contributed by atoms with E-state index in [4.69, 9.17) is 0 Å². The van der Waals surface area contributed by atoms with Crippen LogP contribution in [-0.4, -0.2) is 0 Å². The van der Waals surface area contributed by atoms with E-state index in [1.165, 1.54) is 12.8 Å². The molecule has 0 heterocycles. The summed E-state index contributed by atoms with van der Waals surface area (Å²) >= 11 is 0. The van der Waals surface area contributed by atoms with Crippen LogP contribution in [0.2, 0.25) is 0 Å². The molecule has 0 aromatic heterocycles. The van der Waals surface area contributed by atoms with Crippen LogP contribution in [0.15, 0.2) is 0 Å². The van der Waals surface area contributed by atoms with Crippen LogP contribution in [0.1, 0.15) is 54.4 Å². The summed E-state index contributed by atoms with van der Waals surface area (Å²) in [6.07, 6.45) is 2.99. The standard InChI is InChI=1S/C14H26/c1-9-11(13(2,3)4)7-10-8-12(9)14(10,5)6/h9-12H,7-8H2,1-6H3/t9-,10?,11?,12-/m1/s1. The molecule has 0 aromatic carbocycles. The predicted octanol–water partition coefficient (Wildman–Crippen LogP) is 4.35. The van der Waals surface area contributed by atoms with Crippen molar-refractivity contribution < 1.29 is 0 Å². The van der Waals surface area contributed by atoms with Crippen LogP contribution >= 0.6 is 0 Å². The molecule has 3 aliphatic carbocycles. The van der Waals surface area contributed by atoms with Crippen LogP contribution in [0.4, 0.5) is 0 Å².